The highest BCUT2D eigenvalue weighted by Gasteiger charge is 2.32. The molecule has 1 N–H and O–H groups in total. The van der Waals surface area contributed by atoms with Crippen LogP contribution < -0.4 is 9.62 Å². The van der Waals surface area contributed by atoms with E-state index in [-0.39, 0.29) is 11.9 Å². The minimum Gasteiger partial charge on any atom is -0.352 e. The van der Waals surface area contributed by atoms with Gasteiger partial charge in [0, 0.05) is 30.7 Å². The lowest BCUT2D eigenvalue weighted by atomic mass is 10.0. The second-order valence-electron chi connectivity index (χ2n) is 7.95. The Morgan fingerprint density at radius 1 is 1.22 bits per heavy atom. The zero-order valence-electron chi connectivity index (χ0n) is 16.6. The van der Waals surface area contributed by atoms with Crippen LogP contribution in [0.25, 0.3) is 0 Å². The number of nitrogens with zero attached hydrogens (tertiary/aromatic N) is 2. The van der Waals surface area contributed by atoms with Crippen molar-refractivity contribution < 1.29 is 13.2 Å². The summed E-state index contributed by atoms with van der Waals surface area (Å²) < 4.78 is 25.4. The lowest BCUT2D eigenvalue weighted by Crippen LogP contribution is -2.39. The van der Waals surface area contributed by atoms with E-state index in [9.17, 15) is 13.2 Å². The summed E-state index contributed by atoms with van der Waals surface area (Å²) in [6.45, 7) is 7.01. The standard InChI is InChI=1S/C20H31N3O3S/c1-15-7-4-5-11-22(15)12-6-10-21-20(24)17-8-9-19-18(14-17)13-16(2)23(19)27(3,25)26/h8-9,14-16H,4-7,10-13H2,1-3H3,(H,21,24)/t15-,16+/m1/s1. The fourth-order valence-electron chi connectivity index (χ4n) is 4.33. The predicted octanol–water partition coefficient (Wildman–Crippen LogP) is 2.39. The third kappa shape index (κ3) is 4.63. The molecule has 2 heterocycles. The smallest absolute Gasteiger partial charge is 0.251 e. The van der Waals surface area contributed by atoms with Gasteiger partial charge >= 0.3 is 0 Å². The van der Waals surface area contributed by atoms with Crippen molar-refractivity contribution in [2.45, 2.75) is 58.0 Å². The van der Waals surface area contributed by atoms with Crippen molar-refractivity contribution in [2.75, 3.05) is 30.2 Å². The third-order valence-corrected chi connectivity index (χ3v) is 6.97. The number of hydrogen-bond acceptors (Lipinski definition) is 4. The van der Waals surface area contributed by atoms with Crippen molar-refractivity contribution in [3.05, 3.63) is 29.3 Å². The molecule has 1 amide bonds. The van der Waals surface area contributed by atoms with Gasteiger partial charge < -0.3 is 10.2 Å². The summed E-state index contributed by atoms with van der Waals surface area (Å²) in [7, 11) is -3.30. The molecule has 2 atom stereocenters. The van der Waals surface area contributed by atoms with Gasteiger partial charge in [-0.1, -0.05) is 6.42 Å². The maximum atomic E-state index is 12.5. The molecule has 0 aromatic heterocycles. The van der Waals surface area contributed by atoms with Crippen molar-refractivity contribution >= 4 is 21.6 Å². The Labute approximate surface area is 163 Å². The number of sulfonamides is 1. The highest BCUT2D eigenvalue weighted by atomic mass is 32.2. The summed E-state index contributed by atoms with van der Waals surface area (Å²) in [5.74, 6) is -0.0880. The molecule has 0 saturated carbocycles. The highest BCUT2D eigenvalue weighted by Crippen LogP contribution is 2.34. The quantitative estimate of drug-likeness (QED) is 0.754. The second-order valence-corrected chi connectivity index (χ2v) is 9.81. The first-order valence-corrected chi connectivity index (χ1v) is 11.8. The van der Waals surface area contributed by atoms with Gasteiger partial charge in [0.05, 0.1) is 11.9 Å². The summed E-state index contributed by atoms with van der Waals surface area (Å²) in [5, 5.41) is 3.00. The lowest BCUT2D eigenvalue weighted by Gasteiger charge is -2.33. The van der Waals surface area contributed by atoms with Crippen LogP contribution in [0, 0.1) is 0 Å². The molecule has 150 valence electrons. The minimum absolute atomic E-state index is 0.0880. The van der Waals surface area contributed by atoms with E-state index in [1.807, 2.05) is 13.0 Å². The largest absolute Gasteiger partial charge is 0.352 e. The van der Waals surface area contributed by atoms with Crippen molar-refractivity contribution in [3.63, 3.8) is 0 Å². The molecule has 1 aromatic rings. The molecule has 0 spiro atoms. The Balaban J connectivity index is 1.55. The zero-order chi connectivity index (χ0) is 19.6. The van der Waals surface area contributed by atoms with E-state index >= 15 is 0 Å². The van der Waals surface area contributed by atoms with Crippen LogP contribution in [0.5, 0.6) is 0 Å². The van der Waals surface area contributed by atoms with Gasteiger partial charge in [-0.2, -0.15) is 0 Å². The van der Waals surface area contributed by atoms with Crippen LogP contribution in [0.4, 0.5) is 5.69 Å². The number of rotatable bonds is 6. The van der Waals surface area contributed by atoms with E-state index in [0.29, 0.717) is 30.3 Å². The number of anilines is 1. The summed E-state index contributed by atoms with van der Waals surface area (Å²) in [6, 6.07) is 5.84. The molecule has 1 saturated heterocycles. The molecule has 0 aliphatic carbocycles. The van der Waals surface area contributed by atoms with Crippen LogP contribution in [-0.2, 0) is 16.4 Å². The van der Waals surface area contributed by atoms with E-state index in [0.717, 1.165) is 25.1 Å². The molecule has 0 bridgehead atoms. The van der Waals surface area contributed by atoms with Gasteiger partial charge in [-0.15, -0.1) is 0 Å². The molecule has 6 nitrogen and oxygen atoms in total. The molecule has 27 heavy (non-hydrogen) atoms. The number of hydrogen-bond donors (Lipinski definition) is 1. The fraction of sp³-hybridized carbons (Fsp3) is 0.650. The maximum Gasteiger partial charge on any atom is 0.251 e. The van der Waals surface area contributed by atoms with Crippen LogP contribution in [0.15, 0.2) is 18.2 Å². The van der Waals surface area contributed by atoms with Crippen LogP contribution in [-0.4, -0.2) is 57.2 Å². The Kier molecular flexibility index (Phi) is 6.11. The normalized spacial score (nSPS) is 23.3. The average molecular weight is 394 g/mol. The lowest BCUT2D eigenvalue weighted by molar-refractivity contribution is 0.0949. The first-order chi connectivity index (χ1) is 12.8. The number of amides is 1. The Hall–Kier alpha value is -1.60. The predicted molar refractivity (Wildman–Crippen MR) is 109 cm³/mol. The number of carbonyl (C=O) groups is 1. The summed E-state index contributed by atoms with van der Waals surface area (Å²) >= 11 is 0. The van der Waals surface area contributed by atoms with Crippen LogP contribution >= 0.6 is 0 Å². The van der Waals surface area contributed by atoms with Gasteiger partial charge in [0.1, 0.15) is 0 Å². The van der Waals surface area contributed by atoms with Crippen LogP contribution in [0.1, 0.15) is 55.5 Å². The van der Waals surface area contributed by atoms with Gasteiger partial charge in [0.15, 0.2) is 0 Å². The summed E-state index contributed by atoms with van der Waals surface area (Å²) in [4.78, 5) is 15.0. The molecule has 1 aromatic carbocycles. The minimum atomic E-state index is -3.30. The topological polar surface area (TPSA) is 69.7 Å². The molecule has 3 rings (SSSR count). The van der Waals surface area contributed by atoms with E-state index < -0.39 is 10.0 Å². The van der Waals surface area contributed by atoms with E-state index in [4.69, 9.17) is 0 Å². The van der Waals surface area contributed by atoms with E-state index in [1.165, 1.54) is 29.8 Å². The number of fused-ring (bicyclic) bond motifs is 1. The highest BCUT2D eigenvalue weighted by molar-refractivity contribution is 7.92. The van der Waals surface area contributed by atoms with Gasteiger partial charge in [-0.3, -0.25) is 9.10 Å². The van der Waals surface area contributed by atoms with E-state index in [2.05, 4.69) is 17.1 Å². The van der Waals surface area contributed by atoms with Crippen molar-refractivity contribution in [1.82, 2.24) is 10.2 Å². The fourth-order valence-corrected chi connectivity index (χ4v) is 5.59. The van der Waals surface area contributed by atoms with Crippen LogP contribution in [0.2, 0.25) is 0 Å². The number of piperidine rings is 1. The molecular weight excluding hydrogens is 362 g/mol. The molecule has 1 fully saturated rings. The first kappa shape index (κ1) is 20.1. The first-order valence-electron chi connectivity index (χ1n) is 9.92. The van der Waals surface area contributed by atoms with Gasteiger partial charge in [0.2, 0.25) is 10.0 Å². The molecule has 0 radical (unpaired) electrons. The van der Waals surface area contributed by atoms with Crippen LogP contribution in [0.3, 0.4) is 0 Å². The van der Waals surface area contributed by atoms with Crippen molar-refractivity contribution in [3.8, 4) is 0 Å². The van der Waals surface area contributed by atoms with E-state index in [1.54, 1.807) is 12.1 Å². The van der Waals surface area contributed by atoms with Gasteiger partial charge in [-0.25, -0.2) is 8.42 Å². The molecular formula is C20H31N3O3S. The Morgan fingerprint density at radius 2 is 2.00 bits per heavy atom. The van der Waals surface area contributed by atoms with Crippen molar-refractivity contribution in [1.29, 1.82) is 0 Å². The Morgan fingerprint density at radius 3 is 2.70 bits per heavy atom. The zero-order valence-corrected chi connectivity index (χ0v) is 17.4. The Bertz CT molecular complexity index is 794. The molecule has 2 aliphatic rings. The molecule has 2 aliphatic heterocycles. The molecule has 7 heteroatoms. The van der Waals surface area contributed by atoms with Crippen molar-refractivity contribution in [2.24, 2.45) is 0 Å². The second kappa shape index (κ2) is 8.19. The summed E-state index contributed by atoms with van der Waals surface area (Å²) in [5.41, 5.74) is 2.21. The number of carbonyl (C=O) groups excluding carboxylic acids is 1. The van der Waals surface area contributed by atoms with Gasteiger partial charge in [0.25, 0.3) is 5.91 Å². The SMILES string of the molecule is C[C@@H]1CCCCN1CCCNC(=O)c1ccc2c(c1)C[C@H](C)N2S(C)(=O)=O. The number of likely N-dealkylation sites (tertiary alicyclic amines) is 1. The average Bonchev–Trinajstić information content (AvgIpc) is 2.94. The third-order valence-electron chi connectivity index (χ3n) is 5.70. The summed E-state index contributed by atoms with van der Waals surface area (Å²) in [6.07, 6.45) is 6.67. The number of nitrogens with one attached hydrogen (secondary N) is 1. The maximum absolute atomic E-state index is 12.5. The number of benzene rings is 1. The van der Waals surface area contributed by atoms with Gasteiger partial charge in [-0.05, 0) is 69.8 Å². The monoisotopic (exact) mass is 393 g/mol. The molecule has 0 unspecified atom stereocenters.